The zero-order valence-corrected chi connectivity index (χ0v) is 15.2. The minimum Gasteiger partial charge on any atom is -0.351 e. The number of likely N-dealkylation sites (tertiary alicyclic amines) is 1. The maximum absolute atomic E-state index is 13.2. The summed E-state index contributed by atoms with van der Waals surface area (Å²) in [6, 6.07) is 1.74. The van der Waals surface area contributed by atoms with Gasteiger partial charge in [0.2, 0.25) is 5.91 Å². The molecule has 0 bridgehead atoms. The number of amides is 2. The Balaban J connectivity index is 1.62. The van der Waals surface area contributed by atoms with Gasteiger partial charge in [0, 0.05) is 26.1 Å². The normalized spacial score (nSPS) is 28.2. The van der Waals surface area contributed by atoms with Gasteiger partial charge in [0.15, 0.2) is 5.72 Å². The van der Waals surface area contributed by atoms with E-state index in [1.807, 2.05) is 22.8 Å². The van der Waals surface area contributed by atoms with E-state index < -0.39 is 5.72 Å². The van der Waals surface area contributed by atoms with Crippen molar-refractivity contribution in [2.45, 2.75) is 58.3 Å². The third-order valence-corrected chi connectivity index (χ3v) is 5.63. The van der Waals surface area contributed by atoms with Crippen LogP contribution in [0.4, 0.5) is 0 Å². The minimum atomic E-state index is -0.579. The lowest BCUT2D eigenvalue weighted by Crippen LogP contribution is -2.49. The van der Waals surface area contributed by atoms with Gasteiger partial charge in [-0.3, -0.25) is 14.3 Å². The Bertz CT molecular complexity index is 713. The van der Waals surface area contributed by atoms with Crippen molar-refractivity contribution in [3.63, 3.8) is 0 Å². The van der Waals surface area contributed by atoms with Crippen molar-refractivity contribution >= 4 is 11.8 Å². The van der Waals surface area contributed by atoms with E-state index in [9.17, 15) is 9.59 Å². The number of aromatic nitrogens is 2. The molecule has 1 spiro atoms. The Labute approximate surface area is 147 Å². The summed E-state index contributed by atoms with van der Waals surface area (Å²) < 4.78 is 7.77. The number of nitrogens with zero attached hydrogens (tertiary/aromatic N) is 4. The number of rotatable bonds is 4. The van der Waals surface area contributed by atoms with Crippen LogP contribution in [0, 0.1) is 5.92 Å². The molecule has 25 heavy (non-hydrogen) atoms. The number of carbonyl (C=O) groups is 2. The predicted octanol–water partition coefficient (Wildman–Crippen LogP) is 1.27. The van der Waals surface area contributed by atoms with Crippen molar-refractivity contribution in [2.75, 3.05) is 19.7 Å². The smallest absolute Gasteiger partial charge is 0.272 e. The van der Waals surface area contributed by atoms with Gasteiger partial charge in [-0.1, -0.05) is 13.8 Å². The Kier molecular flexibility index (Phi) is 3.86. The molecule has 2 amide bonds. The molecule has 4 rings (SSSR count). The first-order chi connectivity index (χ1) is 12.0. The van der Waals surface area contributed by atoms with Gasteiger partial charge in [-0.05, 0) is 25.3 Å². The fourth-order valence-electron chi connectivity index (χ4n) is 4.58. The Morgan fingerprint density at radius 1 is 1.44 bits per heavy atom. The molecule has 136 valence electrons. The number of hydrogen-bond donors (Lipinski definition) is 0. The molecule has 0 saturated carbocycles. The molecule has 3 aliphatic heterocycles. The summed E-state index contributed by atoms with van der Waals surface area (Å²) in [6.45, 7) is 8.78. The summed E-state index contributed by atoms with van der Waals surface area (Å²) in [7, 11) is 0. The van der Waals surface area contributed by atoms with Crippen LogP contribution in [0.3, 0.4) is 0 Å². The number of carbonyl (C=O) groups excluding carboxylic acids is 2. The SMILES string of the molecule is CCn1nc(CC(C)C)cc1C(=O)N1CC[C@@]23OCCN2C(=O)C[C@@H]13. The summed E-state index contributed by atoms with van der Waals surface area (Å²) in [5, 5.41) is 4.59. The first-order valence-corrected chi connectivity index (χ1v) is 9.28. The molecule has 3 fully saturated rings. The van der Waals surface area contributed by atoms with Gasteiger partial charge in [0.05, 0.1) is 24.8 Å². The van der Waals surface area contributed by atoms with Crippen LogP contribution in [0.2, 0.25) is 0 Å². The predicted molar refractivity (Wildman–Crippen MR) is 90.9 cm³/mol. The maximum atomic E-state index is 13.2. The van der Waals surface area contributed by atoms with E-state index in [1.54, 1.807) is 4.68 Å². The Morgan fingerprint density at radius 3 is 2.96 bits per heavy atom. The molecule has 4 heterocycles. The second-order valence-electron chi connectivity index (χ2n) is 7.64. The van der Waals surface area contributed by atoms with Gasteiger partial charge in [-0.15, -0.1) is 0 Å². The Hall–Kier alpha value is -1.89. The van der Waals surface area contributed by atoms with Crippen LogP contribution >= 0.6 is 0 Å². The van der Waals surface area contributed by atoms with E-state index in [-0.39, 0.29) is 17.9 Å². The third-order valence-electron chi connectivity index (χ3n) is 5.63. The third kappa shape index (κ3) is 2.39. The quantitative estimate of drug-likeness (QED) is 0.823. The van der Waals surface area contributed by atoms with Crippen LogP contribution in [-0.2, 0) is 22.5 Å². The van der Waals surface area contributed by atoms with Crippen LogP contribution < -0.4 is 0 Å². The van der Waals surface area contributed by atoms with E-state index >= 15 is 0 Å². The number of aryl methyl sites for hydroxylation is 1. The summed E-state index contributed by atoms with van der Waals surface area (Å²) in [4.78, 5) is 29.2. The average molecular weight is 346 g/mol. The second kappa shape index (κ2) is 5.83. The highest BCUT2D eigenvalue weighted by Gasteiger charge is 2.63. The molecule has 0 aliphatic carbocycles. The lowest BCUT2D eigenvalue weighted by Gasteiger charge is -2.31. The molecule has 1 aromatic heterocycles. The van der Waals surface area contributed by atoms with Crippen molar-refractivity contribution in [1.29, 1.82) is 0 Å². The second-order valence-corrected chi connectivity index (χ2v) is 7.64. The summed E-state index contributed by atoms with van der Waals surface area (Å²) in [5.74, 6) is 0.562. The zero-order chi connectivity index (χ0) is 17.8. The van der Waals surface area contributed by atoms with Crippen molar-refractivity contribution in [2.24, 2.45) is 5.92 Å². The molecule has 0 unspecified atom stereocenters. The molecule has 7 nitrogen and oxygen atoms in total. The van der Waals surface area contributed by atoms with E-state index in [4.69, 9.17) is 4.74 Å². The van der Waals surface area contributed by atoms with Gasteiger partial charge in [0.25, 0.3) is 5.91 Å². The molecule has 0 N–H and O–H groups in total. The number of hydrogen-bond acceptors (Lipinski definition) is 4. The van der Waals surface area contributed by atoms with Crippen LogP contribution in [0.5, 0.6) is 0 Å². The zero-order valence-electron chi connectivity index (χ0n) is 15.2. The molecule has 7 heteroatoms. The van der Waals surface area contributed by atoms with E-state index in [0.717, 1.165) is 12.1 Å². The summed E-state index contributed by atoms with van der Waals surface area (Å²) in [5.41, 5.74) is 0.999. The van der Waals surface area contributed by atoms with Crippen LogP contribution in [-0.4, -0.2) is 62.9 Å². The lowest BCUT2D eigenvalue weighted by molar-refractivity contribution is -0.136. The molecule has 0 aromatic carbocycles. The fourth-order valence-corrected chi connectivity index (χ4v) is 4.58. The van der Waals surface area contributed by atoms with E-state index in [1.165, 1.54) is 0 Å². The summed E-state index contributed by atoms with van der Waals surface area (Å²) in [6.07, 6.45) is 1.93. The highest BCUT2D eigenvalue weighted by Crippen LogP contribution is 2.45. The molecule has 3 saturated heterocycles. The van der Waals surface area contributed by atoms with Crippen LogP contribution in [0.1, 0.15) is 49.8 Å². The first kappa shape index (κ1) is 16.6. The van der Waals surface area contributed by atoms with Gasteiger partial charge in [0.1, 0.15) is 5.69 Å². The Morgan fingerprint density at radius 2 is 2.24 bits per heavy atom. The van der Waals surface area contributed by atoms with Crippen molar-refractivity contribution in [3.05, 3.63) is 17.5 Å². The molecular weight excluding hydrogens is 320 g/mol. The summed E-state index contributed by atoms with van der Waals surface area (Å²) >= 11 is 0. The molecule has 1 aromatic rings. The molecular formula is C18H26N4O3. The van der Waals surface area contributed by atoms with Gasteiger partial charge in [-0.25, -0.2) is 0 Å². The van der Waals surface area contributed by atoms with Gasteiger partial charge < -0.3 is 14.5 Å². The number of ether oxygens (including phenoxy) is 1. The monoisotopic (exact) mass is 346 g/mol. The van der Waals surface area contributed by atoms with Crippen molar-refractivity contribution in [3.8, 4) is 0 Å². The average Bonchev–Trinajstić information content (AvgIpc) is 3.28. The standard InChI is InChI=1S/C18H26N4O3/c1-4-22-14(10-13(19-22)9-12(2)3)17(24)20-6-5-18-15(20)11-16(23)21(18)7-8-25-18/h10,12,15H,4-9,11H2,1-3H3/t15-,18+/m1/s1. The van der Waals surface area contributed by atoms with Crippen molar-refractivity contribution < 1.29 is 14.3 Å². The van der Waals surface area contributed by atoms with Gasteiger partial charge >= 0.3 is 0 Å². The highest BCUT2D eigenvalue weighted by molar-refractivity contribution is 5.94. The van der Waals surface area contributed by atoms with E-state index in [2.05, 4.69) is 18.9 Å². The fraction of sp³-hybridized carbons (Fsp3) is 0.722. The molecule has 0 radical (unpaired) electrons. The van der Waals surface area contributed by atoms with Gasteiger partial charge in [-0.2, -0.15) is 5.10 Å². The topological polar surface area (TPSA) is 67.7 Å². The first-order valence-electron chi connectivity index (χ1n) is 9.28. The highest BCUT2D eigenvalue weighted by atomic mass is 16.5. The van der Waals surface area contributed by atoms with Crippen molar-refractivity contribution in [1.82, 2.24) is 19.6 Å². The largest absolute Gasteiger partial charge is 0.351 e. The van der Waals surface area contributed by atoms with E-state index in [0.29, 0.717) is 50.7 Å². The van der Waals surface area contributed by atoms with Crippen LogP contribution in [0.25, 0.3) is 0 Å². The molecule has 2 atom stereocenters. The van der Waals surface area contributed by atoms with Crippen LogP contribution in [0.15, 0.2) is 6.07 Å². The maximum Gasteiger partial charge on any atom is 0.272 e. The lowest BCUT2D eigenvalue weighted by atomic mass is 10.1. The molecule has 3 aliphatic rings. The minimum absolute atomic E-state index is 0.0311.